The highest BCUT2D eigenvalue weighted by molar-refractivity contribution is 5.71. The zero-order chi connectivity index (χ0) is 12.6. The van der Waals surface area contributed by atoms with Gasteiger partial charge in [-0.05, 0) is 18.6 Å². The van der Waals surface area contributed by atoms with Crippen LogP contribution in [-0.2, 0) is 9.47 Å². The van der Waals surface area contributed by atoms with Gasteiger partial charge in [0.2, 0.25) is 0 Å². The van der Waals surface area contributed by atoms with Crippen LogP contribution in [0.3, 0.4) is 0 Å². The van der Waals surface area contributed by atoms with Gasteiger partial charge in [0.15, 0.2) is 5.79 Å². The molecule has 0 unspecified atom stereocenters. The molecule has 2 saturated heterocycles. The Morgan fingerprint density at radius 1 is 1.17 bits per heavy atom. The third-order valence-corrected chi connectivity index (χ3v) is 3.92. The second kappa shape index (κ2) is 4.44. The van der Waals surface area contributed by atoms with E-state index in [9.17, 15) is 0 Å². The lowest BCUT2D eigenvalue weighted by Gasteiger charge is -2.39. The first-order valence-corrected chi connectivity index (χ1v) is 6.58. The molecule has 2 N–H and O–H groups in total. The first-order valence-electron chi connectivity index (χ1n) is 6.58. The summed E-state index contributed by atoms with van der Waals surface area (Å²) >= 11 is 0. The number of anilines is 2. The number of benzene rings is 1. The summed E-state index contributed by atoms with van der Waals surface area (Å²) in [7, 11) is 0. The van der Waals surface area contributed by atoms with Crippen molar-refractivity contribution in [1.82, 2.24) is 0 Å². The van der Waals surface area contributed by atoms with E-state index < -0.39 is 0 Å². The third-order valence-electron chi connectivity index (χ3n) is 3.92. The fraction of sp³-hybridized carbons (Fsp3) is 0.571. The molecule has 1 aromatic carbocycles. The van der Waals surface area contributed by atoms with Crippen molar-refractivity contribution in [2.24, 2.45) is 0 Å². The summed E-state index contributed by atoms with van der Waals surface area (Å²) in [6, 6.07) is 6.08. The van der Waals surface area contributed by atoms with E-state index in [2.05, 4.69) is 17.9 Å². The predicted octanol–water partition coefficient (Wildman–Crippen LogP) is 1.92. The molecule has 98 valence electrons. The van der Waals surface area contributed by atoms with E-state index in [1.54, 1.807) is 0 Å². The molecular weight excluding hydrogens is 228 g/mol. The van der Waals surface area contributed by atoms with Gasteiger partial charge in [0.1, 0.15) is 0 Å². The molecule has 2 fully saturated rings. The van der Waals surface area contributed by atoms with Crippen molar-refractivity contribution in [3.63, 3.8) is 0 Å². The van der Waals surface area contributed by atoms with Crippen molar-refractivity contribution in [2.45, 2.75) is 25.6 Å². The lowest BCUT2D eigenvalue weighted by molar-refractivity contribution is -0.169. The van der Waals surface area contributed by atoms with Gasteiger partial charge in [-0.15, -0.1) is 0 Å². The van der Waals surface area contributed by atoms with E-state index in [1.807, 2.05) is 12.1 Å². The van der Waals surface area contributed by atoms with Crippen molar-refractivity contribution >= 4 is 11.4 Å². The molecule has 0 saturated carbocycles. The molecule has 1 aromatic rings. The van der Waals surface area contributed by atoms with Crippen LogP contribution in [0.1, 0.15) is 18.4 Å². The second-order valence-electron chi connectivity index (χ2n) is 5.11. The Morgan fingerprint density at radius 3 is 2.44 bits per heavy atom. The number of piperidine rings is 1. The topological polar surface area (TPSA) is 47.7 Å². The molecule has 0 aromatic heterocycles. The van der Waals surface area contributed by atoms with Gasteiger partial charge < -0.3 is 20.1 Å². The van der Waals surface area contributed by atoms with Crippen LogP contribution in [0.2, 0.25) is 0 Å². The summed E-state index contributed by atoms with van der Waals surface area (Å²) in [6.45, 7) is 5.45. The summed E-state index contributed by atoms with van der Waals surface area (Å²) in [4.78, 5) is 2.35. The van der Waals surface area contributed by atoms with Crippen LogP contribution < -0.4 is 10.6 Å². The lowest BCUT2D eigenvalue weighted by Crippen LogP contribution is -2.45. The first kappa shape index (κ1) is 11.8. The molecule has 0 amide bonds. The molecule has 0 atom stereocenters. The summed E-state index contributed by atoms with van der Waals surface area (Å²) in [5, 5.41) is 0. The molecule has 4 heteroatoms. The average Bonchev–Trinajstić information content (AvgIpc) is 2.80. The predicted molar refractivity (Wildman–Crippen MR) is 71.7 cm³/mol. The molecule has 0 aliphatic carbocycles. The maximum absolute atomic E-state index is 6.09. The monoisotopic (exact) mass is 248 g/mol. The van der Waals surface area contributed by atoms with E-state index in [4.69, 9.17) is 15.2 Å². The van der Waals surface area contributed by atoms with Crippen LogP contribution in [0.5, 0.6) is 0 Å². The van der Waals surface area contributed by atoms with Gasteiger partial charge in [0.25, 0.3) is 0 Å². The minimum Gasteiger partial charge on any atom is -0.397 e. The number of nitrogens with zero attached hydrogens (tertiary/aromatic N) is 1. The highest BCUT2D eigenvalue weighted by Gasteiger charge is 2.40. The number of aryl methyl sites for hydroxylation is 1. The molecule has 3 rings (SSSR count). The van der Waals surface area contributed by atoms with Crippen LogP contribution >= 0.6 is 0 Å². The summed E-state index contributed by atoms with van der Waals surface area (Å²) in [5.74, 6) is -0.312. The highest BCUT2D eigenvalue weighted by Crippen LogP contribution is 2.36. The Labute approximate surface area is 108 Å². The Bertz CT molecular complexity index is 411. The highest BCUT2D eigenvalue weighted by atomic mass is 16.7. The average molecular weight is 248 g/mol. The smallest absolute Gasteiger partial charge is 0.171 e. The summed E-state index contributed by atoms with van der Waals surface area (Å²) < 4.78 is 11.5. The van der Waals surface area contributed by atoms with E-state index >= 15 is 0 Å². The van der Waals surface area contributed by atoms with E-state index in [1.165, 1.54) is 11.3 Å². The SMILES string of the molecule is Cc1cccc(N)c1N1CCC2(CC1)OCCO2. The normalized spacial score (nSPS) is 22.6. The number of hydrogen-bond acceptors (Lipinski definition) is 4. The number of hydrogen-bond donors (Lipinski definition) is 1. The number of nitrogen functional groups attached to an aromatic ring is 1. The van der Waals surface area contributed by atoms with Crippen molar-refractivity contribution in [3.8, 4) is 0 Å². The summed E-state index contributed by atoms with van der Waals surface area (Å²) in [6.07, 6.45) is 1.83. The third kappa shape index (κ3) is 1.95. The van der Waals surface area contributed by atoms with Crippen molar-refractivity contribution in [2.75, 3.05) is 36.9 Å². The Hall–Kier alpha value is -1.26. The molecule has 2 heterocycles. The molecular formula is C14H20N2O2. The van der Waals surface area contributed by atoms with Gasteiger partial charge in [-0.3, -0.25) is 0 Å². The maximum atomic E-state index is 6.09. The van der Waals surface area contributed by atoms with Crippen LogP contribution in [0.25, 0.3) is 0 Å². The number of rotatable bonds is 1. The fourth-order valence-corrected chi connectivity index (χ4v) is 2.97. The van der Waals surface area contributed by atoms with Crippen LogP contribution in [0.4, 0.5) is 11.4 Å². The molecule has 4 nitrogen and oxygen atoms in total. The van der Waals surface area contributed by atoms with E-state index in [-0.39, 0.29) is 5.79 Å². The van der Waals surface area contributed by atoms with Gasteiger partial charge in [0, 0.05) is 25.9 Å². The van der Waals surface area contributed by atoms with E-state index in [0.717, 1.165) is 44.8 Å². The second-order valence-corrected chi connectivity index (χ2v) is 5.11. The minimum atomic E-state index is -0.312. The molecule has 0 radical (unpaired) electrons. The van der Waals surface area contributed by atoms with Crippen molar-refractivity contribution in [1.29, 1.82) is 0 Å². The maximum Gasteiger partial charge on any atom is 0.171 e. The molecule has 2 aliphatic heterocycles. The van der Waals surface area contributed by atoms with Gasteiger partial charge in [-0.2, -0.15) is 0 Å². The summed E-state index contributed by atoms with van der Waals surface area (Å²) in [5.41, 5.74) is 9.36. The van der Waals surface area contributed by atoms with Crippen molar-refractivity contribution in [3.05, 3.63) is 23.8 Å². The van der Waals surface area contributed by atoms with Crippen LogP contribution in [0.15, 0.2) is 18.2 Å². The van der Waals surface area contributed by atoms with Crippen LogP contribution in [0, 0.1) is 6.92 Å². The van der Waals surface area contributed by atoms with E-state index in [0.29, 0.717) is 0 Å². The van der Waals surface area contributed by atoms with Crippen LogP contribution in [-0.4, -0.2) is 32.1 Å². The Balaban J connectivity index is 1.76. The number of ether oxygens (including phenoxy) is 2. The quantitative estimate of drug-likeness (QED) is 0.771. The van der Waals surface area contributed by atoms with Gasteiger partial charge >= 0.3 is 0 Å². The largest absolute Gasteiger partial charge is 0.397 e. The minimum absolute atomic E-state index is 0.312. The Morgan fingerprint density at radius 2 is 1.83 bits per heavy atom. The standard InChI is InChI=1S/C14H20N2O2/c1-11-3-2-4-12(15)13(11)16-7-5-14(6-8-16)17-9-10-18-14/h2-4H,5-10,15H2,1H3. The zero-order valence-corrected chi connectivity index (χ0v) is 10.8. The molecule has 1 spiro atoms. The Kier molecular flexibility index (Phi) is 2.92. The molecule has 18 heavy (non-hydrogen) atoms. The number of nitrogens with two attached hydrogens (primary N) is 1. The first-order chi connectivity index (χ1) is 8.70. The number of para-hydroxylation sites is 1. The van der Waals surface area contributed by atoms with Gasteiger partial charge in [-0.1, -0.05) is 12.1 Å². The zero-order valence-electron chi connectivity index (χ0n) is 10.8. The lowest BCUT2D eigenvalue weighted by atomic mass is 10.0. The molecule has 0 bridgehead atoms. The van der Waals surface area contributed by atoms with Gasteiger partial charge in [0.05, 0.1) is 24.6 Å². The van der Waals surface area contributed by atoms with Crippen molar-refractivity contribution < 1.29 is 9.47 Å². The van der Waals surface area contributed by atoms with Gasteiger partial charge in [-0.25, -0.2) is 0 Å². The molecule has 2 aliphatic rings. The fourth-order valence-electron chi connectivity index (χ4n) is 2.97.